The molecule has 3 nitrogen and oxygen atoms in total. The first-order chi connectivity index (χ1) is 8.68. The summed E-state index contributed by atoms with van der Waals surface area (Å²) in [6.07, 6.45) is 7.36. The molecule has 18 heavy (non-hydrogen) atoms. The topological polar surface area (TPSA) is 24.8 Å². The van der Waals surface area contributed by atoms with E-state index in [9.17, 15) is 4.79 Å². The number of carbonyl (C=O) groups excluding carboxylic acids is 1. The van der Waals surface area contributed by atoms with Crippen LogP contribution >= 0.6 is 0 Å². The molecule has 2 atom stereocenters. The highest BCUT2D eigenvalue weighted by Crippen LogP contribution is 2.16. The highest BCUT2D eigenvalue weighted by atomic mass is 16.2. The average Bonchev–Trinajstić information content (AvgIpc) is 2.67. The molecular weight excluding hydrogens is 224 g/mol. The van der Waals surface area contributed by atoms with Crippen LogP contribution < -0.4 is 4.90 Å². The second-order valence-corrected chi connectivity index (χ2v) is 6.35. The van der Waals surface area contributed by atoms with Crippen molar-refractivity contribution in [3.8, 4) is 0 Å². The summed E-state index contributed by atoms with van der Waals surface area (Å²) in [7, 11) is 0. The maximum atomic E-state index is 12.6. The van der Waals surface area contributed by atoms with Gasteiger partial charge >= 0.3 is 0 Å². The summed E-state index contributed by atoms with van der Waals surface area (Å²) in [6.45, 7) is 8.87. The Labute approximate surface area is 112 Å². The summed E-state index contributed by atoms with van der Waals surface area (Å²) in [5.74, 6) is 0.754. The van der Waals surface area contributed by atoms with E-state index in [1.54, 1.807) is 4.90 Å². The van der Waals surface area contributed by atoms with Crippen molar-refractivity contribution in [2.24, 2.45) is 5.92 Å². The number of hydrogen-bond acceptors (Lipinski definition) is 1. The lowest BCUT2D eigenvalue weighted by molar-refractivity contribution is -0.928. The van der Waals surface area contributed by atoms with Gasteiger partial charge in [0.15, 0.2) is 0 Å². The Bertz CT molecular complexity index is 270. The van der Waals surface area contributed by atoms with E-state index in [0.717, 1.165) is 26.1 Å². The molecule has 1 amide bonds. The summed E-state index contributed by atoms with van der Waals surface area (Å²) >= 11 is 0. The molecule has 2 fully saturated rings. The molecule has 1 N–H and O–H groups in total. The fraction of sp³-hybridized carbons (Fsp3) is 0.933. The number of amides is 1. The maximum absolute atomic E-state index is 12.6. The number of quaternary nitrogens is 1. The van der Waals surface area contributed by atoms with Gasteiger partial charge in [-0.25, -0.2) is 0 Å². The molecule has 0 aliphatic carbocycles. The summed E-state index contributed by atoms with van der Waals surface area (Å²) in [5.41, 5.74) is 0. The number of piperidine rings is 1. The molecule has 2 aliphatic heterocycles. The van der Waals surface area contributed by atoms with Crippen molar-refractivity contribution < 1.29 is 9.69 Å². The fourth-order valence-electron chi connectivity index (χ4n) is 3.38. The minimum absolute atomic E-state index is 0.300. The molecular formula is C15H29N2O+. The first-order valence-corrected chi connectivity index (χ1v) is 7.82. The molecule has 2 saturated heterocycles. The SMILES string of the molecule is CC(C)[NH+]1CCC[C@H](C(=O)N2CCCCCC2)C1. The van der Waals surface area contributed by atoms with Crippen LogP contribution in [0.5, 0.6) is 0 Å². The van der Waals surface area contributed by atoms with Gasteiger partial charge in [0.05, 0.1) is 25.0 Å². The Morgan fingerprint density at radius 3 is 2.39 bits per heavy atom. The standard InChI is InChI=1S/C15H28N2O/c1-13(2)17-11-7-8-14(12-17)15(18)16-9-5-3-4-6-10-16/h13-14H,3-12H2,1-2H3/p+1/t14-/m0/s1. The summed E-state index contributed by atoms with van der Waals surface area (Å²) in [5, 5.41) is 0. The summed E-state index contributed by atoms with van der Waals surface area (Å²) in [6, 6.07) is 0.657. The van der Waals surface area contributed by atoms with Gasteiger partial charge in [-0.1, -0.05) is 12.8 Å². The van der Waals surface area contributed by atoms with Gasteiger partial charge in [-0.2, -0.15) is 0 Å². The maximum Gasteiger partial charge on any atom is 0.231 e. The van der Waals surface area contributed by atoms with Gasteiger partial charge in [-0.05, 0) is 39.5 Å². The predicted molar refractivity (Wildman–Crippen MR) is 73.6 cm³/mol. The average molecular weight is 253 g/mol. The van der Waals surface area contributed by atoms with Crippen molar-refractivity contribution >= 4 is 5.91 Å². The normalized spacial score (nSPS) is 30.3. The molecule has 0 aromatic carbocycles. The first kappa shape index (κ1) is 13.9. The zero-order valence-electron chi connectivity index (χ0n) is 12.1. The lowest BCUT2D eigenvalue weighted by atomic mass is 9.95. The van der Waals surface area contributed by atoms with Crippen LogP contribution in [0.15, 0.2) is 0 Å². The minimum Gasteiger partial charge on any atom is -0.342 e. The van der Waals surface area contributed by atoms with E-state index in [1.165, 1.54) is 38.6 Å². The van der Waals surface area contributed by atoms with Crippen LogP contribution in [0, 0.1) is 5.92 Å². The summed E-state index contributed by atoms with van der Waals surface area (Å²) < 4.78 is 0. The lowest BCUT2D eigenvalue weighted by Gasteiger charge is -2.34. The molecule has 0 aromatic heterocycles. The van der Waals surface area contributed by atoms with E-state index in [4.69, 9.17) is 0 Å². The monoisotopic (exact) mass is 253 g/mol. The van der Waals surface area contributed by atoms with Crippen LogP contribution in [0.4, 0.5) is 0 Å². The largest absolute Gasteiger partial charge is 0.342 e. The van der Waals surface area contributed by atoms with Crippen molar-refractivity contribution in [2.75, 3.05) is 26.2 Å². The smallest absolute Gasteiger partial charge is 0.231 e. The molecule has 2 heterocycles. The predicted octanol–water partition coefficient (Wildman–Crippen LogP) is 1.09. The molecule has 2 aliphatic rings. The van der Waals surface area contributed by atoms with Gasteiger partial charge in [0.1, 0.15) is 0 Å². The number of nitrogens with one attached hydrogen (secondary N) is 1. The highest BCUT2D eigenvalue weighted by molar-refractivity contribution is 5.79. The Kier molecular flexibility index (Phi) is 5.04. The van der Waals surface area contributed by atoms with Gasteiger partial charge in [-0.3, -0.25) is 4.79 Å². The number of carbonyl (C=O) groups is 1. The van der Waals surface area contributed by atoms with Crippen LogP contribution in [0.1, 0.15) is 52.4 Å². The zero-order valence-corrected chi connectivity index (χ0v) is 12.1. The van der Waals surface area contributed by atoms with Gasteiger partial charge in [0.25, 0.3) is 0 Å². The number of rotatable bonds is 2. The van der Waals surface area contributed by atoms with Crippen LogP contribution in [-0.4, -0.2) is 43.0 Å². The Balaban J connectivity index is 1.90. The molecule has 104 valence electrons. The third-order valence-corrected chi connectivity index (χ3v) is 4.64. The second-order valence-electron chi connectivity index (χ2n) is 6.35. The van der Waals surface area contributed by atoms with Crippen molar-refractivity contribution in [3.05, 3.63) is 0 Å². The number of hydrogen-bond donors (Lipinski definition) is 1. The van der Waals surface area contributed by atoms with E-state index in [-0.39, 0.29) is 0 Å². The molecule has 3 heteroatoms. The van der Waals surface area contributed by atoms with Gasteiger partial charge in [0, 0.05) is 13.1 Å². The van der Waals surface area contributed by atoms with Crippen molar-refractivity contribution in [1.82, 2.24) is 4.90 Å². The van der Waals surface area contributed by atoms with E-state index in [1.807, 2.05) is 0 Å². The molecule has 0 aromatic rings. The second kappa shape index (κ2) is 6.55. The van der Waals surface area contributed by atoms with Crippen molar-refractivity contribution in [1.29, 1.82) is 0 Å². The minimum atomic E-state index is 0.300. The highest BCUT2D eigenvalue weighted by Gasteiger charge is 2.32. The Morgan fingerprint density at radius 1 is 1.11 bits per heavy atom. The molecule has 0 bridgehead atoms. The molecule has 0 saturated carbocycles. The zero-order chi connectivity index (χ0) is 13.0. The summed E-state index contributed by atoms with van der Waals surface area (Å²) in [4.78, 5) is 16.4. The van der Waals surface area contributed by atoms with Crippen LogP contribution in [0.3, 0.4) is 0 Å². The molecule has 1 unspecified atom stereocenters. The number of nitrogens with zero attached hydrogens (tertiary/aromatic N) is 1. The lowest BCUT2D eigenvalue weighted by Crippen LogP contribution is -3.16. The van der Waals surface area contributed by atoms with E-state index in [2.05, 4.69) is 18.7 Å². The molecule has 0 radical (unpaired) electrons. The fourth-order valence-corrected chi connectivity index (χ4v) is 3.38. The van der Waals surface area contributed by atoms with Crippen LogP contribution in [-0.2, 0) is 4.79 Å². The Morgan fingerprint density at radius 2 is 1.78 bits per heavy atom. The van der Waals surface area contributed by atoms with Gasteiger partial charge < -0.3 is 9.80 Å². The quantitative estimate of drug-likeness (QED) is 0.783. The third-order valence-electron chi connectivity index (χ3n) is 4.64. The van der Waals surface area contributed by atoms with E-state index < -0.39 is 0 Å². The van der Waals surface area contributed by atoms with Gasteiger partial charge in [-0.15, -0.1) is 0 Å². The van der Waals surface area contributed by atoms with Crippen molar-refractivity contribution in [2.45, 2.75) is 58.4 Å². The van der Waals surface area contributed by atoms with Crippen LogP contribution in [0.25, 0.3) is 0 Å². The number of likely N-dealkylation sites (tertiary alicyclic amines) is 2. The molecule has 0 spiro atoms. The molecule has 2 rings (SSSR count). The van der Waals surface area contributed by atoms with E-state index >= 15 is 0 Å². The van der Waals surface area contributed by atoms with Crippen LogP contribution in [0.2, 0.25) is 0 Å². The third kappa shape index (κ3) is 3.47. The Hall–Kier alpha value is -0.570. The van der Waals surface area contributed by atoms with E-state index in [0.29, 0.717) is 17.9 Å². The first-order valence-electron chi connectivity index (χ1n) is 7.82. The van der Waals surface area contributed by atoms with Crippen molar-refractivity contribution in [3.63, 3.8) is 0 Å². The van der Waals surface area contributed by atoms with Gasteiger partial charge in [0.2, 0.25) is 5.91 Å².